The summed E-state index contributed by atoms with van der Waals surface area (Å²) < 4.78 is 2.44. The number of aryl methyl sites for hydroxylation is 2. The van der Waals surface area contributed by atoms with Gasteiger partial charge in [0.25, 0.3) is 0 Å². The van der Waals surface area contributed by atoms with Crippen LogP contribution >= 0.6 is 0 Å². The maximum absolute atomic E-state index is 4.60. The van der Waals surface area contributed by atoms with Crippen LogP contribution in [0.2, 0.25) is 0 Å². The van der Waals surface area contributed by atoms with Gasteiger partial charge in [-0.25, -0.2) is 0 Å². The molecular weight excluding hydrogens is 314 g/mol. The zero-order chi connectivity index (χ0) is 19.2. The van der Waals surface area contributed by atoms with Gasteiger partial charge < -0.3 is 0 Å². The molecule has 0 fully saturated rings. The molecule has 1 aromatic carbocycles. The lowest BCUT2D eigenvalue weighted by Gasteiger charge is -2.36. The van der Waals surface area contributed by atoms with E-state index in [9.17, 15) is 0 Å². The Bertz CT molecular complexity index is 1030. The summed E-state index contributed by atoms with van der Waals surface area (Å²) >= 11 is 0. The fourth-order valence-electron chi connectivity index (χ4n) is 4.70. The number of allylic oxidation sites excluding steroid dienone is 2. The van der Waals surface area contributed by atoms with Gasteiger partial charge in [-0.1, -0.05) is 39.1 Å². The highest BCUT2D eigenvalue weighted by atomic mass is 15.1. The van der Waals surface area contributed by atoms with E-state index in [0.717, 1.165) is 29.0 Å². The maximum atomic E-state index is 4.60. The van der Waals surface area contributed by atoms with Crippen molar-refractivity contribution in [1.29, 1.82) is 0 Å². The topological polar surface area (TPSA) is 3.88 Å². The Morgan fingerprint density at radius 3 is 2.35 bits per heavy atom. The number of aromatic nitrogens is 1. The number of hydrogen-bond donors (Lipinski definition) is 0. The van der Waals surface area contributed by atoms with Crippen LogP contribution in [0.1, 0.15) is 50.3 Å². The summed E-state index contributed by atoms with van der Waals surface area (Å²) in [5, 5.41) is 2.21. The van der Waals surface area contributed by atoms with E-state index in [0.29, 0.717) is 0 Å². The Kier molecular flexibility index (Phi) is 4.52. The minimum Gasteiger partial charge on any atom is -0.182 e. The predicted octanol–water partition coefficient (Wildman–Crippen LogP) is 4.57. The molecule has 1 nitrogen and oxygen atoms in total. The summed E-state index contributed by atoms with van der Waals surface area (Å²) in [4.78, 5) is 0. The monoisotopic (exact) mass is 344 g/mol. The van der Waals surface area contributed by atoms with E-state index in [1.165, 1.54) is 33.5 Å². The Morgan fingerprint density at radius 2 is 1.77 bits per heavy atom. The van der Waals surface area contributed by atoms with Gasteiger partial charge in [0.15, 0.2) is 5.54 Å². The summed E-state index contributed by atoms with van der Waals surface area (Å²) in [6.45, 7) is 24.0. The quantitative estimate of drug-likeness (QED) is 0.718. The second-order valence-corrected chi connectivity index (χ2v) is 7.52. The van der Waals surface area contributed by atoms with Gasteiger partial charge >= 0.3 is 0 Å². The van der Waals surface area contributed by atoms with E-state index < -0.39 is 0 Å². The lowest BCUT2D eigenvalue weighted by Crippen LogP contribution is -2.71. The van der Waals surface area contributed by atoms with Crippen molar-refractivity contribution in [3.05, 3.63) is 70.8 Å². The number of benzene rings is 1. The SMILES string of the molecule is C=C/C(C)=c1/ccc2[n+](c1=C)C(CC)(CC)C(=C)c1c(C)cc(C)cc1-2. The van der Waals surface area contributed by atoms with Crippen LogP contribution in [0.3, 0.4) is 0 Å². The first-order valence-corrected chi connectivity index (χ1v) is 9.51. The van der Waals surface area contributed by atoms with Crippen molar-refractivity contribution < 1.29 is 4.57 Å². The summed E-state index contributed by atoms with van der Waals surface area (Å²) in [5.74, 6) is 0. The van der Waals surface area contributed by atoms with Gasteiger partial charge in [-0.2, -0.15) is 4.57 Å². The largest absolute Gasteiger partial charge is 0.214 e. The Hall–Kier alpha value is -2.41. The van der Waals surface area contributed by atoms with Crippen molar-refractivity contribution in [2.24, 2.45) is 0 Å². The molecule has 0 unspecified atom stereocenters. The molecule has 0 saturated heterocycles. The number of fused-ring (bicyclic) bond motifs is 3. The first kappa shape index (κ1) is 18.4. The minimum atomic E-state index is -0.142. The highest BCUT2D eigenvalue weighted by Crippen LogP contribution is 2.44. The number of hydrogen-bond acceptors (Lipinski definition) is 0. The molecule has 134 valence electrons. The van der Waals surface area contributed by atoms with E-state index in [1.54, 1.807) is 0 Å². The third-order valence-corrected chi connectivity index (χ3v) is 6.18. The van der Waals surface area contributed by atoms with Crippen LogP contribution in [0, 0.1) is 13.8 Å². The third-order valence-electron chi connectivity index (χ3n) is 6.18. The smallest absolute Gasteiger partial charge is 0.182 e. The molecule has 0 N–H and O–H groups in total. The van der Waals surface area contributed by atoms with Crippen LogP contribution in [0.15, 0.2) is 43.5 Å². The molecule has 0 radical (unpaired) electrons. The summed E-state index contributed by atoms with van der Waals surface area (Å²) in [7, 11) is 0. The molecule has 1 aliphatic rings. The van der Waals surface area contributed by atoms with Crippen LogP contribution in [0.25, 0.3) is 29.0 Å². The Balaban J connectivity index is 2.59. The minimum absolute atomic E-state index is 0.142. The molecule has 26 heavy (non-hydrogen) atoms. The van der Waals surface area contributed by atoms with E-state index in [1.807, 2.05) is 6.08 Å². The molecule has 0 atom stereocenters. The van der Waals surface area contributed by atoms with Crippen molar-refractivity contribution in [2.75, 3.05) is 0 Å². The molecule has 1 heteroatoms. The zero-order valence-corrected chi connectivity index (χ0v) is 16.9. The van der Waals surface area contributed by atoms with Crippen molar-refractivity contribution in [3.63, 3.8) is 0 Å². The van der Waals surface area contributed by atoms with Crippen LogP contribution in [-0.4, -0.2) is 0 Å². The van der Waals surface area contributed by atoms with E-state index >= 15 is 0 Å². The molecule has 0 bridgehead atoms. The van der Waals surface area contributed by atoms with Gasteiger partial charge in [0.05, 0.1) is 5.56 Å². The molecule has 0 amide bonds. The van der Waals surface area contributed by atoms with E-state index in [2.05, 4.69) is 83.2 Å². The number of nitrogens with zero attached hydrogens (tertiary/aromatic N) is 1. The van der Waals surface area contributed by atoms with E-state index in [-0.39, 0.29) is 5.54 Å². The van der Waals surface area contributed by atoms with Crippen molar-refractivity contribution in [1.82, 2.24) is 0 Å². The molecule has 0 spiro atoms. The molecule has 0 saturated carbocycles. The van der Waals surface area contributed by atoms with Crippen molar-refractivity contribution in [2.45, 2.75) is 53.0 Å². The first-order chi connectivity index (χ1) is 12.3. The molecule has 3 rings (SSSR count). The third kappa shape index (κ3) is 2.34. The van der Waals surface area contributed by atoms with Crippen LogP contribution in [0.5, 0.6) is 0 Å². The van der Waals surface area contributed by atoms with Crippen LogP contribution < -0.4 is 15.1 Å². The molecular formula is C25H30N+. The average Bonchev–Trinajstić information content (AvgIpc) is 2.62. The predicted molar refractivity (Wildman–Crippen MR) is 113 cm³/mol. The van der Waals surface area contributed by atoms with Crippen LogP contribution in [-0.2, 0) is 5.54 Å². The lowest BCUT2D eigenvalue weighted by molar-refractivity contribution is -0.753. The van der Waals surface area contributed by atoms with Crippen LogP contribution in [0.4, 0.5) is 0 Å². The van der Waals surface area contributed by atoms with Gasteiger partial charge in [-0.05, 0) is 56.2 Å². The average molecular weight is 345 g/mol. The number of pyridine rings is 1. The van der Waals surface area contributed by atoms with Gasteiger partial charge in [-0.15, -0.1) is 0 Å². The molecule has 0 aliphatic carbocycles. The molecule has 1 aromatic heterocycles. The highest BCUT2D eigenvalue weighted by Gasteiger charge is 2.47. The van der Waals surface area contributed by atoms with Gasteiger partial charge in [-0.3, -0.25) is 0 Å². The summed E-state index contributed by atoms with van der Waals surface area (Å²) in [6.07, 6.45) is 3.90. The Morgan fingerprint density at radius 1 is 1.12 bits per heavy atom. The summed E-state index contributed by atoms with van der Waals surface area (Å²) in [5.41, 5.74) is 8.66. The molecule has 2 heterocycles. The van der Waals surface area contributed by atoms with Gasteiger partial charge in [0.2, 0.25) is 11.0 Å². The number of rotatable bonds is 3. The summed E-state index contributed by atoms with van der Waals surface area (Å²) in [6, 6.07) is 9.00. The highest BCUT2D eigenvalue weighted by molar-refractivity contribution is 5.85. The molecule has 1 aliphatic heterocycles. The van der Waals surface area contributed by atoms with Gasteiger partial charge in [0, 0.05) is 35.3 Å². The normalized spacial score (nSPS) is 16.0. The van der Waals surface area contributed by atoms with Crippen molar-refractivity contribution in [3.8, 4) is 11.3 Å². The standard InChI is InChI=1S/C25H30N/c1-9-17(5)21-12-13-23-22-15-16(4)14-18(6)24(22)19(7)25(10-2,11-3)26(23)20(21)8/h9,12-15H,1,7-8,10-11H2,2-6H3/q+1/b21-17-. The second-order valence-electron chi connectivity index (χ2n) is 7.52. The second kappa shape index (κ2) is 6.39. The van der Waals surface area contributed by atoms with Crippen molar-refractivity contribution >= 4 is 17.7 Å². The van der Waals surface area contributed by atoms with E-state index in [4.69, 9.17) is 0 Å². The fraction of sp³-hybridized carbons (Fsp3) is 0.320. The first-order valence-electron chi connectivity index (χ1n) is 9.51. The molecule has 2 aromatic rings. The van der Waals surface area contributed by atoms with Gasteiger partial charge in [0.1, 0.15) is 0 Å². The Labute approximate surface area is 157 Å². The maximum Gasteiger partial charge on any atom is 0.214 e. The zero-order valence-electron chi connectivity index (χ0n) is 16.9. The lowest BCUT2D eigenvalue weighted by atomic mass is 9.74. The fourth-order valence-corrected chi connectivity index (χ4v) is 4.70.